The molecule has 0 aliphatic rings. The number of hydrogen-bond donors (Lipinski definition) is 1. The third-order valence-corrected chi connectivity index (χ3v) is 9.27. The molecule has 1 aromatic heterocycles. The molecule has 5 heteroatoms. The van der Waals surface area contributed by atoms with Crippen molar-refractivity contribution in [1.82, 2.24) is 0 Å². The first-order chi connectivity index (χ1) is 19.7. The Kier molecular flexibility index (Phi) is 7.21. The molecule has 6 aromatic rings. The Bertz CT molecular complexity index is 1790. The molecule has 0 amide bonds. The summed E-state index contributed by atoms with van der Waals surface area (Å²) in [6.07, 6.45) is 0. The van der Waals surface area contributed by atoms with Crippen molar-refractivity contribution < 1.29 is 9.76 Å². The van der Waals surface area contributed by atoms with Gasteiger partial charge in [0, 0.05) is 37.2 Å². The van der Waals surface area contributed by atoms with Gasteiger partial charge in [-0.25, -0.2) is 0 Å². The van der Waals surface area contributed by atoms with E-state index in [4.69, 9.17) is 4.65 Å². The zero-order valence-electron chi connectivity index (χ0n) is 24.0. The fourth-order valence-electron chi connectivity index (χ4n) is 4.92. The van der Waals surface area contributed by atoms with Crippen LogP contribution in [0, 0.1) is 0 Å². The molecule has 0 saturated heterocycles. The average molecular weight is 556 g/mol. The van der Waals surface area contributed by atoms with Gasteiger partial charge in [0.1, 0.15) is 0 Å². The summed E-state index contributed by atoms with van der Waals surface area (Å²) in [6, 6.07) is 43.1. The first-order valence-corrected chi connectivity index (χ1v) is 14.8. The fourth-order valence-corrected chi connectivity index (χ4v) is 6.00. The van der Waals surface area contributed by atoms with Gasteiger partial charge in [-0.3, -0.25) is 0 Å². The Morgan fingerprint density at radius 1 is 0.610 bits per heavy atom. The molecule has 0 fully saturated rings. The number of rotatable bonds is 8. The highest BCUT2D eigenvalue weighted by Crippen LogP contribution is 2.40. The predicted molar refractivity (Wildman–Crippen MR) is 178 cm³/mol. The van der Waals surface area contributed by atoms with Crippen LogP contribution < -0.4 is 10.4 Å². The smallest absolute Gasteiger partial charge is 0.309 e. The van der Waals surface area contributed by atoms with Crippen molar-refractivity contribution in [2.75, 3.05) is 4.90 Å². The maximum atomic E-state index is 10.5. The highest BCUT2D eigenvalue weighted by molar-refractivity contribution is 7.25. The Hall–Kier alpha value is -3.90. The van der Waals surface area contributed by atoms with E-state index in [0.717, 1.165) is 22.5 Å². The van der Waals surface area contributed by atoms with Crippen molar-refractivity contribution >= 4 is 61.5 Å². The summed E-state index contributed by atoms with van der Waals surface area (Å²) in [5.41, 5.74) is 5.12. The fraction of sp³-hybridized carbons (Fsp3) is 0.167. The summed E-state index contributed by atoms with van der Waals surface area (Å²) in [5.74, 6) is 0. The monoisotopic (exact) mass is 555 g/mol. The van der Waals surface area contributed by atoms with E-state index in [2.05, 4.69) is 120 Å². The first-order valence-electron chi connectivity index (χ1n) is 14.0. The molecule has 3 nitrogen and oxygen atoms in total. The molecular weight excluding hydrogens is 521 g/mol. The van der Waals surface area contributed by atoms with Crippen LogP contribution in [0.25, 0.3) is 31.3 Å². The van der Waals surface area contributed by atoms with Crippen molar-refractivity contribution in [3.63, 3.8) is 0 Å². The Morgan fingerprint density at radius 2 is 1.17 bits per heavy atom. The minimum atomic E-state index is -0.944. The summed E-state index contributed by atoms with van der Waals surface area (Å²) >= 11 is 1.83. The maximum absolute atomic E-state index is 10.5. The molecule has 0 unspecified atom stereocenters. The molecule has 0 bridgehead atoms. The van der Waals surface area contributed by atoms with Crippen LogP contribution in [0.1, 0.15) is 27.7 Å². The van der Waals surface area contributed by atoms with Gasteiger partial charge in [0.2, 0.25) is 0 Å². The number of hydrogen-bond acceptors (Lipinski definition) is 4. The Labute approximate surface area is 246 Å². The van der Waals surface area contributed by atoms with Crippen LogP contribution in [0.3, 0.4) is 0 Å². The van der Waals surface area contributed by atoms with Gasteiger partial charge in [-0.05, 0) is 87.4 Å². The number of fused-ring (bicyclic) bond motifs is 3. The summed E-state index contributed by atoms with van der Waals surface area (Å²) in [4.78, 5) is 2.31. The van der Waals surface area contributed by atoms with Crippen molar-refractivity contribution in [3.05, 3.63) is 121 Å². The SMILES string of the molecule is CC(C)(O)C(C)(C)OBc1ccc(N(c2ccc(-c3ccccc3)cc2)c2ccc3sc4ccccc4c3c2)cc1. The number of thiophene rings is 1. The average Bonchev–Trinajstić information content (AvgIpc) is 3.35. The topological polar surface area (TPSA) is 32.7 Å². The summed E-state index contributed by atoms with van der Waals surface area (Å²) in [7, 11) is 0.426. The molecule has 0 radical (unpaired) electrons. The van der Waals surface area contributed by atoms with Crippen LogP contribution in [0.4, 0.5) is 17.1 Å². The minimum Gasteiger partial charge on any atom is -0.427 e. The molecule has 0 aliphatic heterocycles. The van der Waals surface area contributed by atoms with Gasteiger partial charge in [0.25, 0.3) is 0 Å². The largest absolute Gasteiger partial charge is 0.427 e. The maximum Gasteiger partial charge on any atom is 0.309 e. The molecule has 0 saturated carbocycles. The molecule has 6 rings (SSSR count). The van der Waals surface area contributed by atoms with Gasteiger partial charge in [-0.2, -0.15) is 0 Å². The van der Waals surface area contributed by atoms with Crippen LogP contribution in [-0.4, -0.2) is 23.8 Å². The van der Waals surface area contributed by atoms with Gasteiger partial charge in [-0.15, -0.1) is 11.3 Å². The van der Waals surface area contributed by atoms with E-state index < -0.39 is 11.2 Å². The second kappa shape index (κ2) is 10.8. The molecule has 5 aromatic carbocycles. The molecule has 204 valence electrons. The van der Waals surface area contributed by atoms with Crippen molar-refractivity contribution in [3.8, 4) is 11.1 Å². The number of nitrogens with zero attached hydrogens (tertiary/aromatic N) is 1. The van der Waals surface area contributed by atoms with E-state index in [1.165, 1.54) is 31.3 Å². The van der Waals surface area contributed by atoms with E-state index in [1.807, 2.05) is 31.3 Å². The molecule has 0 aliphatic carbocycles. The highest BCUT2D eigenvalue weighted by atomic mass is 32.1. The summed E-state index contributed by atoms with van der Waals surface area (Å²) < 4.78 is 8.71. The summed E-state index contributed by atoms with van der Waals surface area (Å²) in [6.45, 7) is 7.41. The second-order valence-electron chi connectivity index (χ2n) is 11.6. The van der Waals surface area contributed by atoms with Gasteiger partial charge in [0.15, 0.2) is 0 Å². The highest BCUT2D eigenvalue weighted by Gasteiger charge is 2.35. The van der Waals surface area contributed by atoms with Crippen molar-refractivity contribution in [2.45, 2.75) is 38.9 Å². The zero-order valence-corrected chi connectivity index (χ0v) is 24.8. The lowest BCUT2D eigenvalue weighted by Gasteiger charge is -2.37. The lowest BCUT2D eigenvalue weighted by molar-refractivity contribution is -0.0893. The third-order valence-electron chi connectivity index (χ3n) is 8.12. The Morgan fingerprint density at radius 3 is 1.85 bits per heavy atom. The number of anilines is 3. The lowest BCUT2D eigenvalue weighted by Crippen LogP contribution is -2.49. The van der Waals surface area contributed by atoms with Crippen LogP contribution in [0.5, 0.6) is 0 Å². The van der Waals surface area contributed by atoms with Crippen molar-refractivity contribution in [1.29, 1.82) is 0 Å². The van der Waals surface area contributed by atoms with Crippen LogP contribution in [0.2, 0.25) is 0 Å². The van der Waals surface area contributed by atoms with E-state index in [1.54, 1.807) is 13.8 Å². The first kappa shape index (κ1) is 27.3. The standard InChI is InChI=1S/C36H34BNO2S/c1-35(2,39)36(3,4)40-37-27-16-20-29(21-17-27)38(28-18-14-26(15-19-28)25-10-6-5-7-11-25)30-22-23-34-32(24-30)31-12-8-9-13-33(31)41-34/h5-24,37,39H,1-4H3. The van der Waals surface area contributed by atoms with E-state index in [-0.39, 0.29) is 0 Å². The molecule has 0 spiro atoms. The van der Waals surface area contributed by atoms with Gasteiger partial charge >= 0.3 is 7.48 Å². The zero-order chi connectivity index (χ0) is 28.6. The normalized spacial score (nSPS) is 12.1. The molecule has 1 N–H and O–H groups in total. The predicted octanol–water partition coefficient (Wildman–Crippen LogP) is 8.73. The van der Waals surface area contributed by atoms with E-state index >= 15 is 0 Å². The summed E-state index contributed by atoms with van der Waals surface area (Å²) in [5, 5.41) is 13.0. The molecule has 0 atom stereocenters. The van der Waals surface area contributed by atoms with E-state index in [9.17, 15) is 5.11 Å². The number of benzene rings is 5. The number of aliphatic hydroxyl groups is 1. The molecular formula is C36H34BNO2S. The lowest BCUT2D eigenvalue weighted by atomic mass is 9.82. The van der Waals surface area contributed by atoms with Gasteiger partial charge < -0.3 is 14.7 Å². The quantitative estimate of drug-likeness (QED) is 0.191. The molecule has 41 heavy (non-hydrogen) atoms. The van der Waals surface area contributed by atoms with Crippen LogP contribution in [-0.2, 0) is 4.65 Å². The Balaban J connectivity index is 1.38. The third kappa shape index (κ3) is 5.53. The van der Waals surface area contributed by atoms with Crippen molar-refractivity contribution in [2.24, 2.45) is 0 Å². The minimum absolute atomic E-state index is 0.426. The van der Waals surface area contributed by atoms with Crippen LogP contribution in [0.15, 0.2) is 121 Å². The van der Waals surface area contributed by atoms with Gasteiger partial charge in [-0.1, -0.05) is 78.3 Å². The van der Waals surface area contributed by atoms with Crippen LogP contribution >= 0.6 is 11.3 Å². The second-order valence-corrected chi connectivity index (χ2v) is 12.6. The van der Waals surface area contributed by atoms with Gasteiger partial charge in [0.05, 0.1) is 11.2 Å². The molecule has 1 heterocycles. The van der Waals surface area contributed by atoms with E-state index in [0.29, 0.717) is 7.48 Å².